The molecule has 0 fully saturated rings. The third-order valence-corrected chi connectivity index (χ3v) is 1.37. The van der Waals surface area contributed by atoms with Crippen molar-refractivity contribution >= 4 is 11.7 Å². The predicted octanol–water partition coefficient (Wildman–Crippen LogP) is 1.30. The van der Waals surface area contributed by atoms with Crippen LogP contribution in [-0.2, 0) is 9.53 Å². The van der Waals surface area contributed by atoms with Crippen molar-refractivity contribution in [3.63, 3.8) is 0 Å². The van der Waals surface area contributed by atoms with Crippen LogP contribution < -0.4 is 0 Å². The maximum atomic E-state index is 10.9. The van der Waals surface area contributed by atoms with Gasteiger partial charge in [-0.05, 0) is 6.92 Å². The van der Waals surface area contributed by atoms with E-state index < -0.39 is 0 Å². The summed E-state index contributed by atoms with van der Waals surface area (Å²) in [5.74, 6) is -0.185. The molecule has 1 rings (SSSR count). The molecule has 0 aromatic carbocycles. The maximum absolute atomic E-state index is 10.9. The molecule has 0 aromatic heterocycles. The molecule has 1 aliphatic heterocycles. The Hall–Kier alpha value is -1.12. The van der Waals surface area contributed by atoms with Crippen molar-refractivity contribution in [1.82, 2.24) is 0 Å². The summed E-state index contributed by atoms with van der Waals surface area (Å²) in [6.07, 6.45) is 4.77. The lowest BCUT2D eigenvalue weighted by Gasteiger charge is -1.99. The molecule has 3 heteroatoms. The van der Waals surface area contributed by atoms with Gasteiger partial charge in [-0.2, -0.15) is 0 Å². The van der Waals surface area contributed by atoms with Gasteiger partial charge in [0.1, 0.15) is 0 Å². The van der Waals surface area contributed by atoms with Gasteiger partial charge in [-0.3, -0.25) is 9.79 Å². The molecule has 11 heavy (non-hydrogen) atoms. The highest BCUT2D eigenvalue weighted by Crippen LogP contribution is 2.04. The highest BCUT2D eigenvalue weighted by atomic mass is 16.5. The number of ether oxygens (including phenoxy) is 1. The Kier molecular flexibility index (Phi) is 2.83. The van der Waals surface area contributed by atoms with Gasteiger partial charge in [0.25, 0.3) is 0 Å². The molecule has 0 aliphatic carbocycles. The van der Waals surface area contributed by atoms with Gasteiger partial charge in [0.05, 0.1) is 13.0 Å². The number of carbonyl (C=O) groups excluding carboxylic acids is 1. The van der Waals surface area contributed by atoms with E-state index in [1.807, 2.05) is 6.08 Å². The fourth-order valence-corrected chi connectivity index (χ4v) is 0.896. The number of aliphatic imine (C=N–C) groups is 1. The monoisotopic (exact) mass is 153 g/mol. The smallest absolute Gasteiger partial charge is 0.311 e. The van der Waals surface area contributed by atoms with E-state index in [1.165, 1.54) is 0 Å². The lowest BCUT2D eigenvalue weighted by Crippen LogP contribution is -2.09. The van der Waals surface area contributed by atoms with Crippen LogP contribution in [0.2, 0.25) is 0 Å². The molecule has 0 unspecified atom stereocenters. The molecular formula is C8H11NO2. The number of allylic oxidation sites excluding steroid dienone is 1. The van der Waals surface area contributed by atoms with Crippen molar-refractivity contribution in [3.05, 3.63) is 12.3 Å². The van der Waals surface area contributed by atoms with Gasteiger partial charge in [0, 0.05) is 18.3 Å². The number of carbonyl (C=O) groups is 1. The summed E-state index contributed by atoms with van der Waals surface area (Å²) >= 11 is 0. The van der Waals surface area contributed by atoms with E-state index in [2.05, 4.69) is 4.99 Å². The van der Waals surface area contributed by atoms with Gasteiger partial charge in [-0.1, -0.05) is 6.08 Å². The summed E-state index contributed by atoms with van der Waals surface area (Å²) in [7, 11) is 0. The maximum Gasteiger partial charge on any atom is 0.311 e. The molecule has 0 N–H and O–H groups in total. The number of nitrogens with zero attached hydrogens (tertiary/aromatic N) is 1. The van der Waals surface area contributed by atoms with E-state index in [-0.39, 0.29) is 5.97 Å². The van der Waals surface area contributed by atoms with E-state index in [9.17, 15) is 4.79 Å². The zero-order valence-corrected chi connectivity index (χ0v) is 6.54. The molecule has 0 saturated carbocycles. The van der Waals surface area contributed by atoms with Crippen LogP contribution in [0.5, 0.6) is 0 Å². The van der Waals surface area contributed by atoms with Crippen molar-refractivity contribution in [2.24, 2.45) is 4.99 Å². The minimum atomic E-state index is -0.185. The lowest BCUT2D eigenvalue weighted by atomic mass is 10.2. The Bertz CT molecular complexity index is 206. The summed E-state index contributed by atoms with van der Waals surface area (Å²) < 4.78 is 4.76. The summed E-state index contributed by atoms with van der Waals surface area (Å²) in [6.45, 7) is 2.24. The second-order valence-corrected chi connectivity index (χ2v) is 2.27. The molecule has 0 amide bonds. The second-order valence-electron chi connectivity index (χ2n) is 2.27. The van der Waals surface area contributed by atoms with Crippen LogP contribution in [0.25, 0.3) is 0 Å². The highest BCUT2D eigenvalue weighted by Gasteiger charge is 2.08. The minimum Gasteiger partial charge on any atom is -0.466 e. The fourth-order valence-electron chi connectivity index (χ4n) is 0.896. The average Bonchev–Trinajstić information content (AvgIpc) is 2.40. The Morgan fingerprint density at radius 1 is 1.82 bits per heavy atom. The largest absolute Gasteiger partial charge is 0.466 e. The van der Waals surface area contributed by atoms with Crippen molar-refractivity contribution < 1.29 is 9.53 Å². The van der Waals surface area contributed by atoms with E-state index in [0.717, 1.165) is 12.1 Å². The number of esters is 1. The highest BCUT2D eigenvalue weighted by molar-refractivity contribution is 6.00. The van der Waals surface area contributed by atoms with Crippen molar-refractivity contribution in [1.29, 1.82) is 0 Å². The Morgan fingerprint density at radius 2 is 2.64 bits per heavy atom. The van der Waals surface area contributed by atoms with Gasteiger partial charge in [-0.15, -0.1) is 0 Å². The third-order valence-electron chi connectivity index (χ3n) is 1.37. The normalized spacial score (nSPS) is 14.8. The van der Waals surface area contributed by atoms with E-state index >= 15 is 0 Å². The molecule has 0 radical (unpaired) electrons. The zero-order valence-electron chi connectivity index (χ0n) is 6.54. The Morgan fingerprint density at radius 3 is 3.18 bits per heavy atom. The standard InChI is InChI=1S/C8H11NO2/c1-2-11-8(10)6-7-4-3-5-9-7/h3,5H,2,4,6H2,1H3. The van der Waals surface area contributed by atoms with Gasteiger partial charge in [0.2, 0.25) is 0 Å². The first-order chi connectivity index (χ1) is 5.33. The average molecular weight is 153 g/mol. The van der Waals surface area contributed by atoms with Crippen LogP contribution in [0, 0.1) is 0 Å². The van der Waals surface area contributed by atoms with Crippen LogP contribution >= 0.6 is 0 Å². The van der Waals surface area contributed by atoms with Crippen molar-refractivity contribution in [2.45, 2.75) is 19.8 Å². The molecule has 1 heterocycles. The zero-order chi connectivity index (χ0) is 8.10. The van der Waals surface area contributed by atoms with Crippen LogP contribution in [0.1, 0.15) is 19.8 Å². The number of hydrogen-bond acceptors (Lipinski definition) is 3. The van der Waals surface area contributed by atoms with Crippen LogP contribution in [0.4, 0.5) is 0 Å². The van der Waals surface area contributed by atoms with Crippen LogP contribution in [0.3, 0.4) is 0 Å². The molecule has 60 valence electrons. The summed E-state index contributed by atoms with van der Waals surface area (Å²) in [6, 6.07) is 0. The predicted molar refractivity (Wildman–Crippen MR) is 42.4 cm³/mol. The Labute approximate surface area is 65.8 Å². The molecule has 0 bridgehead atoms. The second kappa shape index (κ2) is 3.91. The van der Waals surface area contributed by atoms with Crippen molar-refractivity contribution in [2.75, 3.05) is 6.61 Å². The lowest BCUT2D eigenvalue weighted by molar-refractivity contribution is -0.141. The Balaban J connectivity index is 2.26. The fraction of sp³-hybridized carbons (Fsp3) is 0.500. The summed E-state index contributed by atoms with van der Waals surface area (Å²) in [4.78, 5) is 14.9. The first-order valence-electron chi connectivity index (χ1n) is 3.69. The van der Waals surface area contributed by atoms with E-state index in [0.29, 0.717) is 13.0 Å². The third kappa shape index (κ3) is 2.53. The minimum absolute atomic E-state index is 0.185. The number of hydrogen-bond donors (Lipinski definition) is 0. The first kappa shape index (κ1) is 7.98. The first-order valence-corrected chi connectivity index (χ1v) is 3.69. The van der Waals surface area contributed by atoms with E-state index in [1.54, 1.807) is 13.1 Å². The molecule has 0 aromatic rings. The number of rotatable bonds is 3. The summed E-state index contributed by atoms with van der Waals surface area (Å²) in [5.41, 5.74) is 0.892. The van der Waals surface area contributed by atoms with Gasteiger partial charge >= 0.3 is 5.97 Å². The quantitative estimate of drug-likeness (QED) is 0.573. The molecule has 3 nitrogen and oxygen atoms in total. The SMILES string of the molecule is CCOC(=O)CC1=NC=CC1. The van der Waals surface area contributed by atoms with Gasteiger partial charge in [0.15, 0.2) is 0 Å². The van der Waals surface area contributed by atoms with E-state index in [4.69, 9.17) is 4.74 Å². The molecule has 0 saturated heterocycles. The van der Waals surface area contributed by atoms with Gasteiger partial charge in [-0.25, -0.2) is 0 Å². The summed E-state index contributed by atoms with van der Waals surface area (Å²) in [5, 5.41) is 0. The molecule has 0 spiro atoms. The van der Waals surface area contributed by atoms with Crippen molar-refractivity contribution in [3.8, 4) is 0 Å². The molecule has 0 atom stereocenters. The van der Waals surface area contributed by atoms with Crippen LogP contribution in [-0.4, -0.2) is 18.3 Å². The molecule has 1 aliphatic rings. The van der Waals surface area contributed by atoms with Gasteiger partial charge < -0.3 is 4.74 Å². The van der Waals surface area contributed by atoms with Crippen LogP contribution in [0.15, 0.2) is 17.3 Å². The topological polar surface area (TPSA) is 38.7 Å². The molecular weight excluding hydrogens is 142 g/mol.